The van der Waals surface area contributed by atoms with Crippen molar-refractivity contribution >= 4 is 12.0 Å². The lowest BCUT2D eigenvalue weighted by Crippen LogP contribution is -2.31. The summed E-state index contributed by atoms with van der Waals surface area (Å²) in [5, 5.41) is 8.96. The third-order valence-electron chi connectivity index (χ3n) is 1.64. The lowest BCUT2D eigenvalue weighted by molar-refractivity contribution is 0.224. The highest BCUT2D eigenvalue weighted by Gasteiger charge is 2.08. The molecule has 1 heterocycles. The number of aromatic nitrogens is 3. The summed E-state index contributed by atoms with van der Waals surface area (Å²) < 4.78 is 0. The van der Waals surface area contributed by atoms with Gasteiger partial charge in [-0.2, -0.15) is 4.98 Å². The van der Waals surface area contributed by atoms with E-state index in [9.17, 15) is 4.79 Å². The Kier molecular flexibility index (Phi) is 2.84. The molecule has 6 nitrogen and oxygen atoms in total. The van der Waals surface area contributed by atoms with E-state index < -0.39 is 0 Å². The first-order chi connectivity index (χ1) is 6.13. The number of carbonyl (C=O) groups excluding carboxylic acids is 1. The van der Waals surface area contributed by atoms with Crippen LogP contribution in [0, 0.1) is 6.92 Å². The van der Waals surface area contributed by atoms with E-state index in [1.54, 1.807) is 14.0 Å². The minimum Gasteiger partial charge on any atom is -0.328 e. The SMILES string of the molecule is CCN(C)C(=O)Nc1n[nH]c(C)n1. The van der Waals surface area contributed by atoms with Crippen LogP contribution in [0.25, 0.3) is 0 Å². The fourth-order valence-electron chi connectivity index (χ4n) is 0.733. The minimum atomic E-state index is -0.207. The van der Waals surface area contributed by atoms with Crippen molar-refractivity contribution in [3.8, 4) is 0 Å². The van der Waals surface area contributed by atoms with E-state index in [2.05, 4.69) is 20.5 Å². The van der Waals surface area contributed by atoms with Gasteiger partial charge in [0.05, 0.1) is 0 Å². The van der Waals surface area contributed by atoms with Crippen molar-refractivity contribution in [2.45, 2.75) is 13.8 Å². The van der Waals surface area contributed by atoms with E-state index in [0.29, 0.717) is 18.3 Å². The number of aromatic amines is 1. The number of aryl methyl sites for hydroxylation is 1. The fourth-order valence-corrected chi connectivity index (χ4v) is 0.733. The van der Waals surface area contributed by atoms with Crippen LogP contribution < -0.4 is 5.32 Å². The van der Waals surface area contributed by atoms with Crippen LogP contribution in [-0.2, 0) is 0 Å². The Morgan fingerprint density at radius 2 is 2.38 bits per heavy atom. The molecule has 0 bridgehead atoms. The largest absolute Gasteiger partial charge is 0.328 e. The van der Waals surface area contributed by atoms with Crippen molar-refractivity contribution in [1.82, 2.24) is 20.1 Å². The van der Waals surface area contributed by atoms with E-state index in [1.807, 2.05) is 6.92 Å². The second kappa shape index (κ2) is 3.88. The standard InChI is InChI=1S/C7H13N5O/c1-4-12(3)7(13)9-6-8-5(2)10-11-6/h4H2,1-3H3,(H2,8,9,10,11,13). The van der Waals surface area contributed by atoms with Crippen molar-refractivity contribution < 1.29 is 4.79 Å². The van der Waals surface area contributed by atoms with Gasteiger partial charge in [-0.1, -0.05) is 0 Å². The van der Waals surface area contributed by atoms with Crippen LogP contribution in [0.2, 0.25) is 0 Å². The Balaban J connectivity index is 2.54. The monoisotopic (exact) mass is 183 g/mol. The summed E-state index contributed by atoms with van der Waals surface area (Å²) >= 11 is 0. The number of anilines is 1. The molecule has 0 spiro atoms. The molecule has 0 saturated heterocycles. The molecule has 13 heavy (non-hydrogen) atoms. The van der Waals surface area contributed by atoms with Gasteiger partial charge in [0.2, 0.25) is 5.95 Å². The maximum atomic E-state index is 11.3. The molecule has 1 aromatic heterocycles. The van der Waals surface area contributed by atoms with E-state index in [4.69, 9.17) is 0 Å². The molecule has 0 aliphatic rings. The highest BCUT2D eigenvalue weighted by molar-refractivity contribution is 5.87. The molecule has 0 aromatic carbocycles. The van der Waals surface area contributed by atoms with E-state index in [0.717, 1.165) is 0 Å². The molecule has 2 N–H and O–H groups in total. The van der Waals surface area contributed by atoms with Crippen LogP contribution in [-0.4, -0.2) is 39.7 Å². The van der Waals surface area contributed by atoms with Gasteiger partial charge in [-0.3, -0.25) is 10.4 Å². The van der Waals surface area contributed by atoms with Crippen LogP contribution in [0.3, 0.4) is 0 Å². The van der Waals surface area contributed by atoms with Crippen molar-refractivity contribution in [2.75, 3.05) is 18.9 Å². The van der Waals surface area contributed by atoms with Gasteiger partial charge in [0.1, 0.15) is 5.82 Å². The predicted octanol–water partition coefficient (Wildman–Crippen LogP) is 0.597. The Morgan fingerprint density at radius 3 is 2.85 bits per heavy atom. The van der Waals surface area contributed by atoms with Crippen LogP contribution >= 0.6 is 0 Å². The van der Waals surface area contributed by atoms with Gasteiger partial charge < -0.3 is 4.90 Å². The molecule has 1 aromatic rings. The first-order valence-corrected chi connectivity index (χ1v) is 4.04. The first kappa shape index (κ1) is 9.50. The van der Waals surface area contributed by atoms with Crippen LogP contribution in [0.15, 0.2) is 0 Å². The maximum absolute atomic E-state index is 11.3. The van der Waals surface area contributed by atoms with E-state index >= 15 is 0 Å². The molecule has 0 unspecified atom stereocenters. The van der Waals surface area contributed by atoms with Gasteiger partial charge in [0.15, 0.2) is 0 Å². The molecule has 1 rings (SSSR count). The Morgan fingerprint density at radius 1 is 1.69 bits per heavy atom. The Bertz CT molecular complexity index is 295. The summed E-state index contributed by atoms with van der Waals surface area (Å²) in [4.78, 5) is 16.7. The maximum Gasteiger partial charge on any atom is 0.323 e. The zero-order chi connectivity index (χ0) is 9.84. The highest BCUT2D eigenvalue weighted by atomic mass is 16.2. The smallest absolute Gasteiger partial charge is 0.323 e. The van der Waals surface area contributed by atoms with Crippen LogP contribution in [0.1, 0.15) is 12.7 Å². The quantitative estimate of drug-likeness (QED) is 0.705. The number of rotatable bonds is 2. The number of urea groups is 1. The summed E-state index contributed by atoms with van der Waals surface area (Å²) in [6, 6.07) is -0.207. The van der Waals surface area contributed by atoms with Gasteiger partial charge in [-0.25, -0.2) is 4.79 Å². The molecule has 0 aliphatic carbocycles. The van der Waals surface area contributed by atoms with E-state index in [-0.39, 0.29) is 6.03 Å². The zero-order valence-electron chi connectivity index (χ0n) is 7.96. The van der Waals surface area contributed by atoms with Crippen LogP contribution in [0.5, 0.6) is 0 Å². The molecule has 0 aliphatic heterocycles. The van der Waals surface area contributed by atoms with Gasteiger partial charge in [0.25, 0.3) is 0 Å². The minimum absolute atomic E-state index is 0.207. The molecular formula is C7H13N5O. The number of hydrogen-bond acceptors (Lipinski definition) is 3. The lowest BCUT2D eigenvalue weighted by Gasteiger charge is -2.13. The summed E-state index contributed by atoms with van der Waals surface area (Å²) in [5.74, 6) is 0.984. The molecule has 6 heteroatoms. The fraction of sp³-hybridized carbons (Fsp3) is 0.571. The molecule has 2 amide bonds. The highest BCUT2D eigenvalue weighted by Crippen LogP contribution is 1.98. The van der Waals surface area contributed by atoms with Crippen molar-refractivity contribution in [3.63, 3.8) is 0 Å². The number of amides is 2. The Hall–Kier alpha value is -1.59. The lowest BCUT2D eigenvalue weighted by atomic mass is 10.6. The predicted molar refractivity (Wildman–Crippen MR) is 48.4 cm³/mol. The zero-order valence-corrected chi connectivity index (χ0v) is 7.96. The van der Waals surface area contributed by atoms with Crippen molar-refractivity contribution in [1.29, 1.82) is 0 Å². The summed E-state index contributed by atoms with van der Waals surface area (Å²) in [7, 11) is 1.70. The normalized spacial score (nSPS) is 9.77. The first-order valence-electron chi connectivity index (χ1n) is 4.04. The van der Waals surface area contributed by atoms with Gasteiger partial charge in [0, 0.05) is 13.6 Å². The van der Waals surface area contributed by atoms with Gasteiger partial charge >= 0.3 is 6.03 Å². The third-order valence-corrected chi connectivity index (χ3v) is 1.64. The third kappa shape index (κ3) is 2.43. The van der Waals surface area contributed by atoms with E-state index in [1.165, 1.54) is 4.90 Å². The molecule has 72 valence electrons. The number of H-pyrrole nitrogens is 1. The van der Waals surface area contributed by atoms with Gasteiger partial charge in [-0.15, -0.1) is 5.10 Å². The van der Waals surface area contributed by atoms with Gasteiger partial charge in [-0.05, 0) is 13.8 Å². The van der Waals surface area contributed by atoms with Crippen molar-refractivity contribution in [2.24, 2.45) is 0 Å². The average molecular weight is 183 g/mol. The number of carbonyl (C=O) groups is 1. The number of hydrogen-bond donors (Lipinski definition) is 2. The second-order valence-corrected chi connectivity index (χ2v) is 2.69. The summed E-state index contributed by atoms with van der Waals surface area (Å²) in [5.41, 5.74) is 0. The molecule has 0 radical (unpaired) electrons. The van der Waals surface area contributed by atoms with Crippen molar-refractivity contribution in [3.05, 3.63) is 5.82 Å². The topological polar surface area (TPSA) is 73.9 Å². The summed E-state index contributed by atoms with van der Waals surface area (Å²) in [6.45, 7) is 4.31. The molecular weight excluding hydrogens is 170 g/mol. The molecule has 0 fully saturated rings. The number of nitrogens with zero attached hydrogens (tertiary/aromatic N) is 3. The van der Waals surface area contributed by atoms with Crippen LogP contribution in [0.4, 0.5) is 10.7 Å². The second-order valence-electron chi connectivity index (χ2n) is 2.69. The molecule has 0 atom stereocenters. The average Bonchev–Trinajstić information content (AvgIpc) is 2.49. The Labute approximate surface area is 76.3 Å². The summed E-state index contributed by atoms with van der Waals surface area (Å²) in [6.07, 6.45) is 0. The number of nitrogens with one attached hydrogen (secondary N) is 2. The molecule has 0 saturated carbocycles.